The standard InChI is InChI=1S/C23H26N2O4/c1-16(26)24-19(17-6-3-2-4-7-17)15-23(27)25-11-5-8-20(25)18-9-10-21-22(14-18)29-13-12-28-21/h2-4,6-7,9-10,14,19-20H,5,8,11-13,15H2,1H3,(H,24,26)/t19-,20-/m0/s1. The molecule has 1 saturated heterocycles. The minimum atomic E-state index is -0.331. The van der Waals surface area contributed by atoms with E-state index < -0.39 is 0 Å². The number of nitrogens with zero attached hydrogens (tertiary/aromatic N) is 1. The van der Waals surface area contributed by atoms with Crippen LogP contribution >= 0.6 is 0 Å². The van der Waals surface area contributed by atoms with E-state index in [1.165, 1.54) is 6.92 Å². The fourth-order valence-corrected chi connectivity index (χ4v) is 4.15. The van der Waals surface area contributed by atoms with E-state index in [4.69, 9.17) is 9.47 Å². The summed E-state index contributed by atoms with van der Waals surface area (Å²) in [5, 5.41) is 2.92. The molecule has 0 bridgehead atoms. The van der Waals surface area contributed by atoms with E-state index in [-0.39, 0.29) is 30.3 Å². The number of nitrogens with one attached hydrogen (secondary N) is 1. The number of hydrogen-bond donors (Lipinski definition) is 1. The molecule has 29 heavy (non-hydrogen) atoms. The summed E-state index contributed by atoms with van der Waals surface area (Å²) >= 11 is 0. The van der Waals surface area contributed by atoms with Crippen LogP contribution in [0, 0.1) is 0 Å². The Balaban J connectivity index is 1.51. The third-order valence-corrected chi connectivity index (χ3v) is 5.48. The van der Waals surface area contributed by atoms with Gasteiger partial charge in [-0.15, -0.1) is 0 Å². The maximum absolute atomic E-state index is 13.2. The Hall–Kier alpha value is -3.02. The molecular weight excluding hydrogens is 368 g/mol. The minimum Gasteiger partial charge on any atom is -0.486 e. The summed E-state index contributed by atoms with van der Waals surface area (Å²) in [4.78, 5) is 26.8. The van der Waals surface area contributed by atoms with Crippen LogP contribution in [0.25, 0.3) is 0 Å². The first-order valence-electron chi connectivity index (χ1n) is 10.1. The van der Waals surface area contributed by atoms with Crippen LogP contribution in [0.5, 0.6) is 11.5 Å². The number of carbonyl (C=O) groups is 2. The first kappa shape index (κ1) is 19.3. The van der Waals surface area contributed by atoms with Crippen LogP contribution in [0.15, 0.2) is 48.5 Å². The maximum Gasteiger partial charge on any atom is 0.225 e. The van der Waals surface area contributed by atoms with Crippen molar-refractivity contribution in [2.75, 3.05) is 19.8 Å². The fourth-order valence-electron chi connectivity index (χ4n) is 4.15. The van der Waals surface area contributed by atoms with Crippen LogP contribution in [0.4, 0.5) is 0 Å². The lowest BCUT2D eigenvalue weighted by Crippen LogP contribution is -2.35. The van der Waals surface area contributed by atoms with Gasteiger partial charge in [-0.3, -0.25) is 9.59 Å². The summed E-state index contributed by atoms with van der Waals surface area (Å²) in [5.74, 6) is 1.40. The molecule has 2 aliphatic heterocycles. The third-order valence-electron chi connectivity index (χ3n) is 5.48. The van der Waals surface area contributed by atoms with Gasteiger partial charge in [-0.2, -0.15) is 0 Å². The SMILES string of the molecule is CC(=O)N[C@@H](CC(=O)N1CCC[C@H]1c1ccc2c(c1)OCCO2)c1ccccc1. The molecule has 1 fully saturated rings. The summed E-state index contributed by atoms with van der Waals surface area (Å²) in [6.07, 6.45) is 2.12. The first-order valence-corrected chi connectivity index (χ1v) is 10.1. The Morgan fingerprint density at radius 1 is 1.10 bits per heavy atom. The van der Waals surface area contributed by atoms with Gasteiger partial charge in [0.15, 0.2) is 11.5 Å². The van der Waals surface area contributed by atoms with Crippen LogP contribution in [0.2, 0.25) is 0 Å². The van der Waals surface area contributed by atoms with Crippen molar-refractivity contribution in [3.63, 3.8) is 0 Å². The Bertz CT molecular complexity index is 884. The van der Waals surface area contributed by atoms with Crippen LogP contribution < -0.4 is 14.8 Å². The van der Waals surface area contributed by atoms with Gasteiger partial charge in [-0.25, -0.2) is 0 Å². The van der Waals surface area contributed by atoms with Crippen LogP contribution in [-0.2, 0) is 9.59 Å². The zero-order valence-corrected chi connectivity index (χ0v) is 16.6. The number of fused-ring (bicyclic) bond motifs is 1. The largest absolute Gasteiger partial charge is 0.486 e. The predicted octanol–water partition coefficient (Wildman–Crippen LogP) is 3.39. The number of likely N-dealkylation sites (tertiary alicyclic amines) is 1. The van der Waals surface area contributed by atoms with Gasteiger partial charge >= 0.3 is 0 Å². The van der Waals surface area contributed by atoms with Gasteiger partial charge in [0.1, 0.15) is 13.2 Å². The zero-order chi connectivity index (χ0) is 20.2. The van der Waals surface area contributed by atoms with Crippen molar-refractivity contribution >= 4 is 11.8 Å². The van der Waals surface area contributed by atoms with Crippen LogP contribution in [-0.4, -0.2) is 36.5 Å². The lowest BCUT2D eigenvalue weighted by molar-refractivity contribution is -0.133. The summed E-state index contributed by atoms with van der Waals surface area (Å²) in [6, 6.07) is 15.3. The monoisotopic (exact) mass is 394 g/mol. The van der Waals surface area contributed by atoms with Crippen molar-refractivity contribution in [3.05, 3.63) is 59.7 Å². The fraction of sp³-hybridized carbons (Fsp3) is 0.391. The average Bonchev–Trinajstić information content (AvgIpc) is 3.23. The molecule has 152 valence electrons. The Kier molecular flexibility index (Phi) is 5.69. The van der Waals surface area contributed by atoms with Crippen molar-refractivity contribution in [1.29, 1.82) is 0 Å². The number of carbonyl (C=O) groups excluding carboxylic acids is 2. The predicted molar refractivity (Wildman–Crippen MR) is 109 cm³/mol. The molecule has 2 amide bonds. The third kappa shape index (κ3) is 4.36. The van der Waals surface area contributed by atoms with E-state index in [2.05, 4.69) is 5.32 Å². The van der Waals surface area contributed by atoms with Gasteiger partial charge in [0.25, 0.3) is 0 Å². The second kappa shape index (κ2) is 8.55. The molecule has 6 nitrogen and oxygen atoms in total. The molecule has 6 heteroatoms. The van der Waals surface area contributed by atoms with E-state index in [0.717, 1.165) is 42.0 Å². The highest BCUT2D eigenvalue weighted by Crippen LogP contribution is 2.38. The van der Waals surface area contributed by atoms with E-state index in [0.29, 0.717) is 13.2 Å². The van der Waals surface area contributed by atoms with Crippen molar-refractivity contribution in [2.24, 2.45) is 0 Å². The molecule has 0 aliphatic carbocycles. The molecule has 0 radical (unpaired) electrons. The average molecular weight is 394 g/mol. The van der Waals surface area contributed by atoms with E-state index in [1.54, 1.807) is 0 Å². The highest BCUT2D eigenvalue weighted by Gasteiger charge is 2.32. The maximum atomic E-state index is 13.2. The molecule has 0 aromatic heterocycles. The smallest absolute Gasteiger partial charge is 0.225 e. The Labute approximate surface area is 170 Å². The molecule has 1 N–H and O–H groups in total. The second-order valence-corrected chi connectivity index (χ2v) is 7.52. The molecule has 2 aromatic carbocycles. The number of amides is 2. The number of benzene rings is 2. The summed E-state index contributed by atoms with van der Waals surface area (Å²) in [6.45, 7) is 3.30. The molecule has 2 aromatic rings. The normalized spacial score (nSPS) is 18.9. The lowest BCUT2D eigenvalue weighted by Gasteiger charge is -2.28. The molecule has 0 unspecified atom stereocenters. The summed E-state index contributed by atoms with van der Waals surface area (Å²) in [7, 11) is 0. The highest BCUT2D eigenvalue weighted by atomic mass is 16.6. The van der Waals surface area contributed by atoms with Gasteiger partial charge in [0, 0.05) is 13.5 Å². The molecule has 4 rings (SSSR count). The van der Waals surface area contributed by atoms with Gasteiger partial charge in [0.2, 0.25) is 11.8 Å². The second-order valence-electron chi connectivity index (χ2n) is 7.52. The van der Waals surface area contributed by atoms with Crippen molar-refractivity contribution in [2.45, 2.75) is 38.3 Å². The molecular formula is C23H26N2O4. The van der Waals surface area contributed by atoms with Crippen LogP contribution in [0.1, 0.15) is 49.4 Å². The summed E-state index contributed by atoms with van der Waals surface area (Å²) < 4.78 is 11.3. The number of ether oxygens (including phenoxy) is 2. The molecule has 0 saturated carbocycles. The van der Waals surface area contributed by atoms with E-state index >= 15 is 0 Å². The number of rotatable bonds is 5. The molecule has 2 aliphatic rings. The topological polar surface area (TPSA) is 67.9 Å². The van der Waals surface area contributed by atoms with Crippen molar-refractivity contribution in [1.82, 2.24) is 10.2 Å². The Morgan fingerprint density at radius 3 is 2.62 bits per heavy atom. The van der Waals surface area contributed by atoms with Crippen LogP contribution in [0.3, 0.4) is 0 Å². The van der Waals surface area contributed by atoms with Crippen molar-refractivity contribution in [3.8, 4) is 11.5 Å². The molecule has 0 spiro atoms. The minimum absolute atomic E-state index is 0.0204. The first-order chi connectivity index (χ1) is 14.1. The van der Waals surface area contributed by atoms with Gasteiger partial charge in [0.05, 0.1) is 18.5 Å². The zero-order valence-electron chi connectivity index (χ0n) is 16.6. The number of hydrogen-bond acceptors (Lipinski definition) is 4. The lowest BCUT2D eigenvalue weighted by atomic mass is 10.0. The summed E-state index contributed by atoms with van der Waals surface area (Å²) in [5.41, 5.74) is 2.00. The quantitative estimate of drug-likeness (QED) is 0.844. The van der Waals surface area contributed by atoms with Gasteiger partial charge in [-0.1, -0.05) is 36.4 Å². The van der Waals surface area contributed by atoms with Gasteiger partial charge < -0.3 is 19.7 Å². The molecule has 2 atom stereocenters. The van der Waals surface area contributed by atoms with E-state index in [9.17, 15) is 9.59 Å². The molecule has 2 heterocycles. The van der Waals surface area contributed by atoms with Crippen molar-refractivity contribution < 1.29 is 19.1 Å². The highest BCUT2D eigenvalue weighted by molar-refractivity contribution is 5.80. The van der Waals surface area contributed by atoms with Gasteiger partial charge in [-0.05, 0) is 36.1 Å². The van der Waals surface area contributed by atoms with E-state index in [1.807, 2.05) is 53.4 Å². The Morgan fingerprint density at radius 2 is 1.86 bits per heavy atom.